The van der Waals surface area contributed by atoms with Crippen molar-refractivity contribution < 1.29 is 9.90 Å². The fraction of sp³-hybridized carbons (Fsp3) is 0.562. The average Bonchev–Trinajstić information content (AvgIpc) is 2.48. The highest BCUT2D eigenvalue weighted by Gasteiger charge is 2.17. The molecule has 0 bridgehead atoms. The molecule has 2 N–H and O–H groups in total. The maximum Gasteiger partial charge on any atom is 0.251 e. The molecule has 4 nitrogen and oxygen atoms in total. The summed E-state index contributed by atoms with van der Waals surface area (Å²) in [5.74, 6) is 0.0471. The van der Waals surface area contributed by atoms with Crippen LogP contribution in [0.4, 0.5) is 0 Å². The van der Waals surface area contributed by atoms with Crippen LogP contribution in [0.1, 0.15) is 42.1 Å². The third-order valence-electron chi connectivity index (χ3n) is 4.04. The molecule has 20 heavy (non-hydrogen) atoms. The molecule has 1 aliphatic heterocycles. The second-order valence-electron chi connectivity index (χ2n) is 5.66. The fourth-order valence-corrected chi connectivity index (χ4v) is 2.58. The van der Waals surface area contributed by atoms with E-state index in [9.17, 15) is 9.90 Å². The van der Waals surface area contributed by atoms with Gasteiger partial charge in [-0.25, -0.2) is 0 Å². The lowest BCUT2D eigenvalue weighted by molar-refractivity contribution is 0.0929. The molecule has 1 unspecified atom stereocenters. The number of carbonyl (C=O) groups is 1. The van der Waals surface area contributed by atoms with E-state index < -0.39 is 0 Å². The first-order valence-corrected chi connectivity index (χ1v) is 7.40. The van der Waals surface area contributed by atoms with Crippen LogP contribution in [0.3, 0.4) is 0 Å². The number of hydrogen-bond acceptors (Lipinski definition) is 3. The number of phenolic OH excluding ortho intramolecular Hbond substituents is 1. The van der Waals surface area contributed by atoms with Crippen LogP contribution in [-0.4, -0.2) is 41.6 Å². The Morgan fingerprint density at radius 1 is 1.35 bits per heavy atom. The summed E-state index contributed by atoms with van der Waals surface area (Å²) in [5.41, 5.74) is 1.29. The van der Waals surface area contributed by atoms with Gasteiger partial charge in [-0.1, -0.05) is 12.5 Å². The third kappa shape index (κ3) is 3.73. The van der Waals surface area contributed by atoms with Crippen LogP contribution in [0.5, 0.6) is 5.75 Å². The van der Waals surface area contributed by atoms with Crippen molar-refractivity contribution in [2.75, 3.05) is 19.6 Å². The Morgan fingerprint density at radius 2 is 2.05 bits per heavy atom. The molecule has 1 aromatic rings. The lowest BCUT2D eigenvalue weighted by Gasteiger charge is -2.32. The summed E-state index contributed by atoms with van der Waals surface area (Å²) in [6, 6.07) is 5.39. The largest absolute Gasteiger partial charge is 0.508 e. The van der Waals surface area contributed by atoms with Crippen molar-refractivity contribution in [3.05, 3.63) is 29.3 Å². The van der Waals surface area contributed by atoms with Crippen molar-refractivity contribution in [2.45, 2.75) is 39.2 Å². The first-order valence-electron chi connectivity index (χ1n) is 7.40. The van der Waals surface area contributed by atoms with E-state index in [-0.39, 0.29) is 11.7 Å². The van der Waals surface area contributed by atoms with Crippen molar-refractivity contribution in [1.82, 2.24) is 10.2 Å². The van der Waals surface area contributed by atoms with Crippen molar-refractivity contribution in [3.8, 4) is 5.75 Å². The molecule has 1 atom stereocenters. The number of likely N-dealkylation sites (tertiary alicyclic amines) is 1. The molecule has 110 valence electrons. The van der Waals surface area contributed by atoms with Gasteiger partial charge >= 0.3 is 0 Å². The molecule has 1 aromatic carbocycles. The van der Waals surface area contributed by atoms with E-state index in [4.69, 9.17) is 0 Å². The first-order chi connectivity index (χ1) is 9.58. The van der Waals surface area contributed by atoms with Crippen molar-refractivity contribution in [1.29, 1.82) is 0 Å². The highest BCUT2D eigenvalue weighted by Crippen LogP contribution is 2.17. The Labute approximate surface area is 120 Å². The summed E-state index contributed by atoms with van der Waals surface area (Å²) in [4.78, 5) is 14.5. The molecule has 1 amide bonds. The van der Waals surface area contributed by atoms with E-state index in [1.54, 1.807) is 12.1 Å². The zero-order valence-electron chi connectivity index (χ0n) is 12.4. The van der Waals surface area contributed by atoms with Crippen LogP contribution in [0.15, 0.2) is 18.2 Å². The lowest BCUT2D eigenvalue weighted by atomic mass is 10.1. The molecule has 1 aliphatic rings. The number of rotatable bonds is 4. The Balaban J connectivity index is 1.86. The molecule has 2 rings (SSSR count). The van der Waals surface area contributed by atoms with E-state index in [0.717, 1.165) is 18.7 Å². The van der Waals surface area contributed by atoms with Gasteiger partial charge in [-0.15, -0.1) is 0 Å². The number of nitrogens with zero attached hydrogens (tertiary/aromatic N) is 1. The summed E-state index contributed by atoms with van der Waals surface area (Å²) >= 11 is 0. The summed E-state index contributed by atoms with van der Waals surface area (Å²) in [6.45, 7) is 6.87. The van der Waals surface area contributed by atoms with E-state index in [1.807, 2.05) is 6.92 Å². The highest BCUT2D eigenvalue weighted by molar-refractivity contribution is 5.94. The summed E-state index contributed by atoms with van der Waals surface area (Å²) < 4.78 is 0. The number of piperidine rings is 1. The molecule has 0 radical (unpaired) electrons. The minimum Gasteiger partial charge on any atom is -0.508 e. The number of benzene rings is 1. The maximum absolute atomic E-state index is 12.1. The lowest BCUT2D eigenvalue weighted by Crippen LogP contribution is -2.44. The summed E-state index contributed by atoms with van der Waals surface area (Å²) in [6.07, 6.45) is 3.83. The minimum absolute atomic E-state index is 0.121. The van der Waals surface area contributed by atoms with Gasteiger partial charge in [0.25, 0.3) is 5.91 Å². The normalized spacial score (nSPS) is 17.7. The van der Waals surface area contributed by atoms with E-state index in [2.05, 4.69) is 17.1 Å². The SMILES string of the molecule is Cc1ccc(C(=O)NCC(C)N2CCCCC2)cc1O. The molecule has 1 saturated heterocycles. The van der Waals surface area contributed by atoms with Crippen LogP contribution < -0.4 is 5.32 Å². The molecule has 0 aliphatic carbocycles. The molecule has 1 fully saturated rings. The zero-order valence-corrected chi connectivity index (χ0v) is 12.4. The Morgan fingerprint density at radius 3 is 2.70 bits per heavy atom. The molecule has 0 saturated carbocycles. The minimum atomic E-state index is -0.121. The van der Waals surface area contributed by atoms with E-state index >= 15 is 0 Å². The van der Waals surface area contributed by atoms with Gasteiger partial charge in [-0.3, -0.25) is 9.69 Å². The van der Waals surface area contributed by atoms with Crippen molar-refractivity contribution in [2.24, 2.45) is 0 Å². The van der Waals surface area contributed by atoms with Crippen LogP contribution in [0, 0.1) is 6.92 Å². The second kappa shape index (κ2) is 6.75. The number of nitrogens with one attached hydrogen (secondary N) is 1. The van der Waals surface area contributed by atoms with Gasteiger partial charge in [0, 0.05) is 18.2 Å². The highest BCUT2D eigenvalue weighted by atomic mass is 16.3. The molecule has 1 heterocycles. The molecule has 0 aromatic heterocycles. The van der Waals surface area contributed by atoms with Gasteiger partial charge in [0.15, 0.2) is 0 Å². The third-order valence-corrected chi connectivity index (χ3v) is 4.04. The second-order valence-corrected chi connectivity index (χ2v) is 5.66. The quantitative estimate of drug-likeness (QED) is 0.887. The van der Waals surface area contributed by atoms with Gasteiger partial charge in [0.1, 0.15) is 5.75 Å². The van der Waals surface area contributed by atoms with E-state index in [0.29, 0.717) is 18.2 Å². The smallest absolute Gasteiger partial charge is 0.251 e. The van der Waals surface area contributed by atoms with Crippen LogP contribution in [-0.2, 0) is 0 Å². The van der Waals surface area contributed by atoms with E-state index in [1.165, 1.54) is 25.3 Å². The molecule has 0 spiro atoms. The Bertz CT molecular complexity index is 468. The van der Waals surface area contributed by atoms with Crippen LogP contribution >= 0.6 is 0 Å². The average molecular weight is 276 g/mol. The number of hydrogen-bond donors (Lipinski definition) is 2. The van der Waals surface area contributed by atoms with Gasteiger partial charge < -0.3 is 10.4 Å². The first kappa shape index (κ1) is 14.9. The molecular formula is C16H24N2O2. The zero-order chi connectivity index (χ0) is 14.5. The van der Waals surface area contributed by atoms with Gasteiger partial charge in [-0.05, 0) is 57.5 Å². The molecular weight excluding hydrogens is 252 g/mol. The Hall–Kier alpha value is -1.55. The number of aryl methyl sites for hydroxylation is 1. The summed E-state index contributed by atoms with van der Waals surface area (Å²) in [7, 11) is 0. The topological polar surface area (TPSA) is 52.6 Å². The number of amides is 1. The Kier molecular flexibility index (Phi) is 5.01. The monoisotopic (exact) mass is 276 g/mol. The standard InChI is InChI=1S/C16H24N2O2/c1-12-6-7-14(10-15(12)19)16(20)17-11-13(2)18-8-4-3-5-9-18/h6-7,10,13,19H,3-5,8-9,11H2,1-2H3,(H,17,20). The van der Waals surface area contributed by atoms with Gasteiger partial charge in [0.05, 0.1) is 0 Å². The van der Waals surface area contributed by atoms with Gasteiger partial charge in [-0.2, -0.15) is 0 Å². The number of phenols is 1. The predicted octanol–water partition coefficient (Wildman–Crippen LogP) is 2.30. The maximum atomic E-state index is 12.1. The van der Waals surface area contributed by atoms with Crippen LogP contribution in [0.25, 0.3) is 0 Å². The fourth-order valence-electron chi connectivity index (χ4n) is 2.58. The van der Waals surface area contributed by atoms with Crippen LogP contribution in [0.2, 0.25) is 0 Å². The number of aromatic hydroxyl groups is 1. The van der Waals surface area contributed by atoms with Crippen molar-refractivity contribution in [3.63, 3.8) is 0 Å². The summed E-state index contributed by atoms with van der Waals surface area (Å²) in [5, 5.41) is 12.6. The number of carbonyl (C=O) groups excluding carboxylic acids is 1. The van der Waals surface area contributed by atoms with Gasteiger partial charge in [0.2, 0.25) is 0 Å². The molecule has 4 heteroatoms. The van der Waals surface area contributed by atoms with Crippen molar-refractivity contribution >= 4 is 5.91 Å². The predicted molar refractivity (Wildman–Crippen MR) is 80.1 cm³/mol.